The molecule has 0 aliphatic heterocycles. The standard InChI is InChI=1S/C23H15NO.C2H6/c1-24-20-9-5-4-8-16(20)18-12-19-17-11-10-14-6-2-3-7-15(14)23(17)25-22(19)13-21(18)24;1-2/h2-13H,1H3;1-2H3. The first kappa shape index (κ1) is 16.0. The van der Waals surface area contributed by atoms with Crippen LogP contribution in [0.4, 0.5) is 0 Å². The average Bonchev–Trinajstić information content (AvgIpc) is 3.24. The molecule has 0 aliphatic rings. The van der Waals surface area contributed by atoms with Crippen LogP contribution in [0.15, 0.2) is 77.2 Å². The molecule has 0 aliphatic carbocycles. The van der Waals surface area contributed by atoms with Crippen LogP contribution in [0, 0.1) is 0 Å². The second-order valence-corrected chi connectivity index (χ2v) is 6.71. The van der Waals surface area contributed by atoms with Crippen molar-refractivity contribution in [1.29, 1.82) is 0 Å². The van der Waals surface area contributed by atoms with Crippen molar-refractivity contribution in [3.8, 4) is 0 Å². The molecule has 0 bridgehead atoms. The molecule has 2 nitrogen and oxygen atoms in total. The number of fused-ring (bicyclic) bond motifs is 8. The van der Waals surface area contributed by atoms with Gasteiger partial charge in [-0.1, -0.05) is 62.4 Å². The lowest BCUT2D eigenvalue weighted by molar-refractivity contribution is 0.673. The lowest BCUT2D eigenvalue weighted by Crippen LogP contribution is -1.85. The summed E-state index contributed by atoms with van der Waals surface area (Å²) in [5.41, 5.74) is 4.38. The number of aromatic nitrogens is 1. The molecule has 0 unspecified atom stereocenters. The van der Waals surface area contributed by atoms with E-state index < -0.39 is 0 Å². The highest BCUT2D eigenvalue weighted by atomic mass is 16.3. The normalized spacial score (nSPS) is 11.5. The first-order chi connectivity index (χ1) is 13.3. The maximum absolute atomic E-state index is 6.31. The van der Waals surface area contributed by atoms with Gasteiger partial charge in [0.1, 0.15) is 11.2 Å². The smallest absolute Gasteiger partial charge is 0.143 e. The minimum atomic E-state index is 0.949. The van der Waals surface area contributed by atoms with Gasteiger partial charge in [0.15, 0.2) is 0 Å². The van der Waals surface area contributed by atoms with E-state index in [2.05, 4.69) is 84.4 Å². The summed E-state index contributed by atoms with van der Waals surface area (Å²) in [6.45, 7) is 4.00. The molecule has 0 N–H and O–H groups in total. The van der Waals surface area contributed by atoms with Gasteiger partial charge >= 0.3 is 0 Å². The average molecular weight is 351 g/mol. The molecule has 4 aromatic carbocycles. The molecule has 0 fully saturated rings. The Morgan fingerprint density at radius 2 is 1.37 bits per heavy atom. The highest BCUT2D eigenvalue weighted by Crippen LogP contribution is 2.38. The monoisotopic (exact) mass is 351 g/mol. The van der Waals surface area contributed by atoms with Crippen molar-refractivity contribution in [1.82, 2.24) is 4.57 Å². The van der Waals surface area contributed by atoms with E-state index in [9.17, 15) is 0 Å². The predicted octanol–water partition coefficient (Wildman–Crippen LogP) is 7.41. The predicted molar refractivity (Wildman–Crippen MR) is 117 cm³/mol. The van der Waals surface area contributed by atoms with Crippen LogP contribution in [0.3, 0.4) is 0 Å². The SMILES string of the molecule is CC.Cn1c2ccccc2c2cc3c(cc21)oc1c2ccccc2ccc31. The maximum Gasteiger partial charge on any atom is 0.143 e. The number of rotatable bonds is 0. The molecule has 2 heterocycles. The number of hydrogen-bond donors (Lipinski definition) is 0. The topological polar surface area (TPSA) is 18.1 Å². The quantitative estimate of drug-likeness (QED) is 0.278. The summed E-state index contributed by atoms with van der Waals surface area (Å²) in [6, 6.07) is 25.8. The number of aryl methyl sites for hydroxylation is 1. The minimum absolute atomic E-state index is 0.949. The van der Waals surface area contributed by atoms with Crippen LogP contribution in [0.5, 0.6) is 0 Å². The van der Waals surface area contributed by atoms with Crippen molar-refractivity contribution in [2.45, 2.75) is 13.8 Å². The molecule has 2 aromatic heterocycles. The third-order valence-electron chi connectivity index (χ3n) is 5.40. The number of benzene rings is 4. The fourth-order valence-corrected chi connectivity index (χ4v) is 4.16. The third-order valence-corrected chi connectivity index (χ3v) is 5.40. The summed E-state index contributed by atoms with van der Waals surface area (Å²) in [6.07, 6.45) is 0. The van der Waals surface area contributed by atoms with Gasteiger partial charge in [0.25, 0.3) is 0 Å². The summed E-state index contributed by atoms with van der Waals surface area (Å²) in [7, 11) is 2.12. The van der Waals surface area contributed by atoms with E-state index in [0.717, 1.165) is 11.2 Å². The van der Waals surface area contributed by atoms with E-state index in [0.29, 0.717) is 0 Å². The van der Waals surface area contributed by atoms with Crippen LogP contribution >= 0.6 is 0 Å². The Morgan fingerprint density at radius 3 is 2.22 bits per heavy atom. The Labute approximate surface area is 157 Å². The summed E-state index contributed by atoms with van der Waals surface area (Å²) in [4.78, 5) is 0. The Bertz CT molecular complexity index is 1450. The van der Waals surface area contributed by atoms with Crippen LogP contribution in [0.2, 0.25) is 0 Å². The minimum Gasteiger partial charge on any atom is -0.455 e. The van der Waals surface area contributed by atoms with Crippen molar-refractivity contribution in [2.24, 2.45) is 7.05 Å². The van der Waals surface area contributed by atoms with Crippen molar-refractivity contribution < 1.29 is 4.42 Å². The van der Waals surface area contributed by atoms with Gasteiger partial charge in [-0.2, -0.15) is 0 Å². The van der Waals surface area contributed by atoms with E-state index in [-0.39, 0.29) is 0 Å². The third kappa shape index (κ3) is 2.13. The van der Waals surface area contributed by atoms with Gasteiger partial charge in [0.05, 0.1) is 5.52 Å². The molecule has 2 heteroatoms. The van der Waals surface area contributed by atoms with Crippen molar-refractivity contribution in [3.05, 3.63) is 72.8 Å². The van der Waals surface area contributed by atoms with E-state index in [1.165, 1.54) is 43.4 Å². The molecule has 0 spiro atoms. The molecule has 6 aromatic rings. The lowest BCUT2D eigenvalue weighted by atomic mass is 10.0. The Balaban J connectivity index is 0.000000777. The molecular formula is C25H21NO. The van der Waals surface area contributed by atoms with Gasteiger partial charge in [0, 0.05) is 45.6 Å². The fraction of sp³-hybridized carbons (Fsp3) is 0.120. The highest BCUT2D eigenvalue weighted by molar-refractivity contribution is 6.20. The van der Waals surface area contributed by atoms with Crippen LogP contribution < -0.4 is 0 Å². The zero-order valence-electron chi connectivity index (χ0n) is 15.8. The Hall–Kier alpha value is -3.26. The van der Waals surface area contributed by atoms with Crippen LogP contribution in [-0.4, -0.2) is 4.57 Å². The number of nitrogens with zero attached hydrogens (tertiary/aromatic N) is 1. The maximum atomic E-state index is 6.31. The first-order valence-electron chi connectivity index (χ1n) is 9.52. The van der Waals surface area contributed by atoms with Crippen LogP contribution in [0.1, 0.15) is 13.8 Å². The molecule has 0 atom stereocenters. The van der Waals surface area contributed by atoms with E-state index >= 15 is 0 Å². The van der Waals surface area contributed by atoms with Crippen molar-refractivity contribution in [2.75, 3.05) is 0 Å². The number of para-hydroxylation sites is 1. The van der Waals surface area contributed by atoms with Gasteiger partial charge in [-0.15, -0.1) is 0 Å². The summed E-state index contributed by atoms with van der Waals surface area (Å²) >= 11 is 0. The van der Waals surface area contributed by atoms with Crippen molar-refractivity contribution >= 4 is 54.5 Å². The molecule has 6 rings (SSSR count). The number of hydrogen-bond acceptors (Lipinski definition) is 1. The van der Waals surface area contributed by atoms with Crippen LogP contribution in [-0.2, 0) is 7.05 Å². The summed E-state index contributed by atoms with van der Waals surface area (Å²) < 4.78 is 8.56. The first-order valence-corrected chi connectivity index (χ1v) is 9.52. The van der Waals surface area contributed by atoms with Gasteiger partial charge in [-0.3, -0.25) is 0 Å². The number of furan rings is 1. The molecule has 0 saturated heterocycles. The molecular weight excluding hydrogens is 330 g/mol. The van der Waals surface area contributed by atoms with E-state index in [1.807, 2.05) is 13.8 Å². The Kier molecular flexibility index (Phi) is 3.48. The van der Waals surface area contributed by atoms with E-state index in [4.69, 9.17) is 4.42 Å². The molecule has 0 radical (unpaired) electrons. The molecule has 0 amide bonds. The Morgan fingerprint density at radius 1 is 0.630 bits per heavy atom. The van der Waals surface area contributed by atoms with Crippen molar-refractivity contribution in [3.63, 3.8) is 0 Å². The molecule has 0 saturated carbocycles. The summed E-state index contributed by atoms with van der Waals surface area (Å²) in [5.74, 6) is 0. The van der Waals surface area contributed by atoms with Gasteiger partial charge in [-0.25, -0.2) is 0 Å². The molecule has 27 heavy (non-hydrogen) atoms. The van der Waals surface area contributed by atoms with Gasteiger partial charge in [-0.05, 0) is 23.6 Å². The zero-order valence-corrected chi connectivity index (χ0v) is 15.8. The second kappa shape index (κ2) is 5.88. The highest BCUT2D eigenvalue weighted by Gasteiger charge is 2.14. The van der Waals surface area contributed by atoms with Crippen LogP contribution in [0.25, 0.3) is 54.5 Å². The van der Waals surface area contributed by atoms with E-state index in [1.54, 1.807) is 0 Å². The molecule has 132 valence electrons. The lowest BCUT2D eigenvalue weighted by Gasteiger charge is -1.97. The van der Waals surface area contributed by atoms with Gasteiger partial charge < -0.3 is 8.98 Å². The summed E-state index contributed by atoms with van der Waals surface area (Å²) in [5, 5.41) is 7.32. The second-order valence-electron chi connectivity index (χ2n) is 6.71. The van der Waals surface area contributed by atoms with Gasteiger partial charge in [0.2, 0.25) is 0 Å². The fourth-order valence-electron chi connectivity index (χ4n) is 4.16. The largest absolute Gasteiger partial charge is 0.455 e. The zero-order chi connectivity index (χ0) is 18.5.